The van der Waals surface area contributed by atoms with Crippen LogP contribution >= 0.6 is 0 Å². The Bertz CT molecular complexity index is 867. The highest BCUT2D eigenvalue weighted by Gasteiger charge is 2.34. The molecule has 2 amide bonds. The number of ether oxygens (including phenoxy) is 1. The number of hydrogen-bond acceptors (Lipinski definition) is 4. The Labute approximate surface area is 159 Å². The van der Waals surface area contributed by atoms with Crippen LogP contribution in [0.15, 0.2) is 53.6 Å². The summed E-state index contributed by atoms with van der Waals surface area (Å²) in [5.41, 5.74) is 1.19. The normalized spacial score (nSPS) is 11.3. The summed E-state index contributed by atoms with van der Waals surface area (Å²) in [5, 5.41) is 5.90. The molecule has 0 saturated heterocycles. The lowest BCUT2D eigenvalue weighted by Gasteiger charge is -2.12. The third kappa shape index (κ3) is 5.83. The van der Waals surface area contributed by atoms with Crippen molar-refractivity contribution in [2.24, 2.45) is 5.10 Å². The van der Waals surface area contributed by atoms with Gasteiger partial charge in [0, 0.05) is 5.56 Å². The van der Waals surface area contributed by atoms with Gasteiger partial charge in [-0.3, -0.25) is 9.59 Å². The van der Waals surface area contributed by atoms with E-state index in [0.717, 1.165) is 12.1 Å². The van der Waals surface area contributed by atoms with Crippen molar-refractivity contribution in [1.82, 2.24) is 10.7 Å². The second-order valence-electron chi connectivity index (χ2n) is 5.49. The number of hydrazone groups is 1. The van der Waals surface area contributed by atoms with Gasteiger partial charge in [-0.1, -0.05) is 24.3 Å². The third-order valence-corrected chi connectivity index (χ3v) is 3.50. The Morgan fingerprint density at radius 2 is 1.79 bits per heavy atom. The van der Waals surface area contributed by atoms with Gasteiger partial charge in [-0.15, -0.1) is 0 Å². The van der Waals surface area contributed by atoms with E-state index in [4.69, 9.17) is 4.74 Å². The SMILES string of the molecule is CCOc1ccccc1/C=N\NC(=O)CNC(=O)c1ccccc1C(F)(F)F. The van der Waals surface area contributed by atoms with E-state index < -0.39 is 35.7 Å². The van der Waals surface area contributed by atoms with Crippen molar-refractivity contribution in [2.75, 3.05) is 13.2 Å². The molecule has 2 N–H and O–H groups in total. The van der Waals surface area contributed by atoms with Gasteiger partial charge in [-0.05, 0) is 31.2 Å². The van der Waals surface area contributed by atoms with E-state index in [1.165, 1.54) is 18.3 Å². The number of amides is 2. The predicted molar refractivity (Wildman–Crippen MR) is 97.1 cm³/mol. The summed E-state index contributed by atoms with van der Waals surface area (Å²) in [7, 11) is 0. The van der Waals surface area contributed by atoms with Crippen molar-refractivity contribution in [3.05, 3.63) is 65.2 Å². The molecule has 0 aliphatic heterocycles. The van der Waals surface area contributed by atoms with Crippen molar-refractivity contribution >= 4 is 18.0 Å². The van der Waals surface area contributed by atoms with Crippen LogP contribution in [0.4, 0.5) is 13.2 Å². The molecule has 0 aliphatic rings. The third-order valence-electron chi connectivity index (χ3n) is 3.50. The summed E-state index contributed by atoms with van der Waals surface area (Å²) in [6, 6.07) is 11.4. The van der Waals surface area contributed by atoms with E-state index in [-0.39, 0.29) is 0 Å². The summed E-state index contributed by atoms with van der Waals surface area (Å²) in [6.45, 7) is 1.76. The van der Waals surface area contributed by atoms with Gasteiger partial charge >= 0.3 is 6.18 Å². The van der Waals surface area contributed by atoms with Crippen LogP contribution in [0.1, 0.15) is 28.4 Å². The fraction of sp³-hybridized carbons (Fsp3) is 0.211. The second kappa shape index (κ2) is 9.54. The largest absolute Gasteiger partial charge is 0.493 e. The second-order valence-corrected chi connectivity index (χ2v) is 5.49. The molecular weight excluding hydrogens is 375 g/mol. The van der Waals surface area contributed by atoms with Gasteiger partial charge in [-0.25, -0.2) is 5.43 Å². The first-order valence-electron chi connectivity index (χ1n) is 8.31. The Hall–Kier alpha value is -3.36. The maximum Gasteiger partial charge on any atom is 0.417 e. The van der Waals surface area contributed by atoms with Crippen molar-refractivity contribution in [1.29, 1.82) is 0 Å². The van der Waals surface area contributed by atoms with E-state index in [1.807, 2.05) is 6.92 Å². The molecule has 0 unspecified atom stereocenters. The Balaban J connectivity index is 1.92. The van der Waals surface area contributed by atoms with Crippen LogP contribution < -0.4 is 15.5 Å². The molecule has 2 aromatic rings. The first-order chi connectivity index (χ1) is 13.3. The number of nitrogens with one attached hydrogen (secondary N) is 2. The van der Waals surface area contributed by atoms with Crippen molar-refractivity contribution < 1.29 is 27.5 Å². The van der Waals surface area contributed by atoms with Crippen LogP contribution in [-0.4, -0.2) is 31.2 Å². The van der Waals surface area contributed by atoms with E-state index in [1.54, 1.807) is 24.3 Å². The average Bonchev–Trinajstić information content (AvgIpc) is 2.67. The molecule has 28 heavy (non-hydrogen) atoms. The number of carbonyl (C=O) groups is 2. The van der Waals surface area contributed by atoms with Crippen LogP contribution in [-0.2, 0) is 11.0 Å². The maximum atomic E-state index is 12.9. The molecule has 0 radical (unpaired) electrons. The number of rotatable bonds is 7. The highest BCUT2D eigenvalue weighted by atomic mass is 19.4. The average molecular weight is 393 g/mol. The fourth-order valence-corrected chi connectivity index (χ4v) is 2.27. The standard InChI is InChI=1S/C19H18F3N3O3/c1-2-28-16-10-6-3-7-13(16)11-24-25-17(26)12-23-18(27)14-8-4-5-9-15(14)19(20,21)22/h3-11H,2,12H2,1H3,(H,23,27)(H,25,26)/b24-11-. The number of alkyl halides is 3. The van der Waals surface area contributed by atoms with Gasteiger partial charge in [-0.2, -0.15) is 18.3 Å². The highest BCUT2D eigenvalue weighted by Crippen LogP contribution is 2.31. The molecule has 0 heterocycles. The van der Waals surface area contributed by atoms with Crippen LogP contribution in [0.2, 0.25) is 0 Å². The lowest BCUT2D eigenvalue weighted by Crippen LogP contribution is -2.35. The molecule has 2 rings (SSSR count). The monoisotopic (exact) mass is 393 g/mol. The van der Waals surface area contributed by atoms with Gasteiger partial charge < -0.3 is 10.1 Å². The molecule has 0 aliphatic carbocycles. The number of nitrogens with zero attached hydrogens (tertiary/aromatic N) is 1. The van der Waals surface area contributed by atoms with Gasteiger partial charge in [0.15, 0.2) is 0 Å². The van der Waals surface area contributed by atoms with Gasteiger partial charge in [0.1, 0.15) is 5.75 Å². The van der Waals surface area contributed by atoms with E-state index in [2.05, 4.69) is 15.8 Å². The van der Waals surface area contributed by atoms with Gasteiger partial charge in [0.05, 0.1) is 30.5 Å². The zero-order chi connectivity index (χ0) is 20.6. The number of benzene rings is 2. The van der Waals surface area contributed by atoms with Crippen molar-refractivity contribution in [3.8, 4) is 5.75 Å². The Morgan fingerprint density at radius 1 is 1.11 bits per heavy atom. The zero-order valence-corrected chi connectivity index (χ0v) is 14.9. The van der Waals surface area contributed by atoms with Crippen LogP contribution in [0.3, 0.4) is 0 Å². The first-order valence-corrected chi connectivity index (χ1v) is 8.31. The van der Waals surface area contributed by atoms with Gasteiger partial charge in [0.25, 0.3) is 11.8 Å². The molecule has 0 spiro atoms. The summed E-state index contributed by atoms with van der Waals surface area (Å²) >= 11 is 0. The maximum absolute atomic E-state index is 12.9. The number of para-hydroxylation sites is 1. The number of halogens is 3. The van der Waals surface area contributed by atoms with Crippen molar-refractivity contribution in [3.63, 3.8) is 0 Å². The molecule has 6 nitrogen and oxygen atoms in total. The molecule has 0 fully saturated rings. The summed E-state index contributed by atoms with van der Waals surface area (Å²) in [6.07, 6.45) is -3.31. The molecule has 2 aromatic carbocycles. The van der Waals surface area contributed by atoms with E-state index >= 15 is 0 Å². The molecule has 148 valence electrons. The summed E-state index contributed by atoms with van der Waals surface area (Å²) < 4.78 is 44.2. The Morgan fingerprint density at radius 3 is 2.50 bits per heavy atom. The topological polar surface area (TPSA) is 79.8 Å². The van der Waals surface area contributed by atoms with E-state index in [0.29, 0.717) is 17.9 Å². The highest BCUT2D eigenvalue weighted by molar-refractivity contribution is 5.98. The molecule has 0 aromatic heterocycles. The van der Waals surface area contributed by atoms with Crippen LogP contribution in [0.25, 0.3) is 0 Å². The summed E-state index contributed by atoms with van der Waals surface area (Å²) in [5.74, 6) is -1.11. The number of carbonyl (C=O) groups excluding carboxylic acids is 2. The zero-order valence-electron chi connectivity index (χ0n) is 14.9. The molecule has 0 saturated carbocycles. The molecule has 0 bridgehead atoms. The van der Waals surface area contributed by atoms with E-state index in [9.17, 15) is 22.8 Å². The fourth-order valence-electron chi connectivity index (χ4n) is 2.27. The van der Waals surface area contributed by atoms with Crippen LogP contribution in [0, 0.1) is 0 Å². The first kappa shape index (κ1) is 20.9. The van der Waals surface area contributed by atoms with Crippen molar-refractivity contribution in [2.45, 2.75) is 13.1 Å². The smallest absolute Gasteiger partial charge is 0.417 e. The lowest BCUT2D eigenvalue weighted by molar-refractivity contribution is -0.137. The minimum atomic E-state index is -4.67. The quantitative estimate of drug-likeness (QED) is 0.561. The summed E-state index contributed by atoms with van der Waals surface area (Å²) in [4.78, 5) is 23.8. The van der Waals surface area contributed by atoms with Crippen LogP contribution in [0.5, 0.6) is 5.75 Å². The molecular formula is C19H18F3N3O3. The van der Waals surface area contributed by atoms with Gasteiger partial charge in [0.2, 0.25) is 0 Å². The number of hydrogen-bond donors (Lipinski definition) is 2. The molecule has 9 heteroatoms. The lowest BCUT2D eigenvalue weighted by atomic mass is 10.1. The minimum Gasteiger partial charge on any atom is -0.493 e. The Kier molecular flexibility index (Phi) is 7.14. The predicted octanol–water partition coefficient (Wildman–Crippen LogP) is 2.98. The molecule has 0 atom stereocenters. The minimum absolute atomic E-state index is 0.461.